The van der Waals surface area contributed by atoms with E-state index >= 15 is 0 Å². The van der Waals surface area contributed by atoms with Gasteiger partial charge < -0.3 is 9.80 Å². The molecule has 0 radical (unpaired) electrons. The fraction of sp³-hybridized carbons (Fsp3) is 0.368. The van der Waals surface area contributed by atoms with Crippen molar-refractivity contribution in [3.8, 4) is 0 Å². The van der Waals surface area contributed by atoms with Crippen LogP contribution < -0.4 is 9.80 Å². The van der Waals surface area contributed by atoms with Gasteiger partial charge in [-0.15, -0.1) is 13.2 Å². The van der Waals surface area contributed by atoms with Crippen LogP contribution in [-0.2, 0) is 0 Å². The first-order valence-corrected chi connectivity index (χ1v) is 22.4. The molecule has 4 rings (SSSR count). The van der Waals surface area contributed by atoms with Gasteiger partial charge in [-0.2, -0.15) is 0 Å². The summed E-state index contributed by atoms with van der Waals surface area (Å²) in [7, 11) is 0. The molecule has 2 heteroatoms. The van der Waals surface area contributed by atoms with Gasteiger partial charge in [0.15, 0.2) is 0 Å². The van der Waals surface area contributed by atoms with Crippen molar-refractivity contribution in [3.05, 3.63) is 200 Å². The molecule has 0 saturated heterocycles. The summed E-state index contributed by atoms with van der Waals surface area (Å²) in [5.74, 6) is 0.653. The van der Waals surface area contributed by atoms with Crippen LogP contribution in [-0.4, -0.2) is 6.04 Å². The molecule has 1 aliphatic rings. The van der Waals surface area contributed by atoms with Gasteiger partial charge in [0.1, 0.15) is 0 Å². The Hall–Kier alpha value is -5.08. The Labute approximate surface area is 366 Å². The first kappa shape index (κ1) is 58.2. The summed E-state index contributed by atoms with van der Waals surface area (Å²) in [6.45, 7) is 39.1. The Morgan fingerprint density at radius 1 is 0.661 bits per heavy atom. The first-order valence-electron chi connectivity index (χ1n) is 22.4. The van der Waals surface area contributed by atoms with Crippen molar-refractivity contribution in [2.45, 2.75) is 141 Å². The quantitative estimate of drug-likeness (QED) is 0.126. The van der Waals surface area contributed by atoms with Gasteiger partial charge >= 0.3 is 0 Å². The third-order valence-corrected chi connectivity index (χ3v) is 8.35. The molecule has 0 aliphatic heterocycles. The van der Waals surface area contributed by atoms with Gasteiger partial charge in [0.25, 0.3) is 0 Å². The van der Waals surface area contributed by atoms with E-state index in [4.69, 9.17) is 0 Å². The molecular formula is C57H86N2. The Kier molecular flexibility index (Phi) is 40.6. The van der Waals surface area contributed by atoms with Gasteiger partial charge in [-0.1, -0.05) is 197 Å². The van der Waals surface area contributed by atoms with Crippen molar-refractivity contribution < 1.29 is 0 Å². The molecule has 0 saturated carbocycles. The Balaban J connectivity index is -0.000000867. The van der Waals surface area contributed by atoms with Gasteiger partial charge in [0.05, 0.1) is 6.04 Å². The highest BCUT2D eigenvalue weighted by Gasteiger charge is 2.17. The van der Waals surface area contributed by atoms with E-state index in [0.29, 0.717) is 5.92 Å². The van der Waals surface area contributed by atoms with E-state index in [-0.39, 0.29) is 6.04 Å². The van der Waals surface area contributed by atoms with Crippen LogP contribution in [0.5, 0.6) is 0 Å². The topological polar surface area (TPSA) is 6.48 Å². The van der Waals surface area contributed by atoms with Gasteiger partial charge in [0, 0.05) is 28.5 Å². The molecule has 1 unspecified atom stereocenters. The van der Waals surface area contributed by atoms with Crippen molar-refractivity contribution in [2.75, 3.05) is 9.80 Å². The lowest BCUT2D eigenvalue weighted by Gasteiger charge is -2.31. The summed E-state index contributed by atoms with van der Waals surface area (Å²) in [6.07, 6.45) is 31.4. The minimum Gasteiger partial charge on any atom is -0.331 e. The third kappa shape index (κ3) is 23.8. The molecule has 324 valence electrons. The lowest BCUT2D eigenvalue weighted by atomic mass is 9.94. The van der Waals surface area contributed by atoms with Crippen LogP contribution >= 0.6 is 0 Å². The summed E-state index contributed by atoms with van der Waals surface area (Å²) < 4.78 is 0. The molecule has 1 atom stereocenters. The van der Waals surface area contributed by atoms with E-state index in [2.05, 4.69) is 224 Å². The second-order valence-electron chi connectivity index (χ2n) is 12.7. The van der Waals surface area contributed by atoms with Gasteiger partial charge in [0.2, 0.25) is 0 Å². The second kappa shape index (κ2) is 41.1. The molecular weight excluding hydrogens is 713 g/mol. The molecule has 0 heterocycles. The van der Waals surface area contributed by atoms with Crippen molar-refractivity contribution in [1.29, 1.82) is 0 Å². The molecule has 2 nitrogen and oxygen atoms in total. The Morgan fingerprint density at radius 2 is 1.17 bits per heavy atom. The predicted octanol–water partition coefficient (Wildman–Crippen LogP) is 18.9. The molecule has 0 aromatic heterocycles. The average Bonchev–Trinajstić information content (AvgIpc) is 3.28. The number of para-hydroxylation sites is 2. The number of anilines is 3. The van der Waals surface area contributed by atoms with E-state index in [9.17, 15) is 0 Å². The lowest BCUT2D eigenvalue weighted by molar-refractivity contribution is 0.642. The number of allylic oxidation sites excluding steroid dienone is 11. The largest absolute Gasteiger partial charge is 0.331 e. The summed E-state index contributed by atoms with van der Waals surface area (Å²) in [5, 5.41) is 0. The SMILES string of the molecule is C=C.C=C/C(=C\CC=C(C)C)N(C(/C=C\C)=C/C)c1ccccc1.CC.CC.CC.CCC.CCC(CC)c1ccc(N(c2ccccc2)C2C=C/C=C\C/C=C\2)cc1. The molecule has 0 bridgehead atoms. The zero-order valence-corrected chi connectivity index (χ0v) is 40.2. The van der Waals surface area contributed by atoms with Crippen molar-refractivity contribution in [1.82, 2.24) is 0 Å². The highest BCUT2D eigenvalue weighted by atomic mass is 15.2. The van der Waals surface area contributed by atoms with Crippen LogP contribution in [0.1, 0.15) is 141 Å². The van der Waals surface area contributed by atoms with Crippen LogP contribution in [0.2, 0.25) is 0 Å². The normalized spacial score (nSPS) is 13.6. The first-order chi connectivity index (χ1) is 28.9. The minimum absolute atomic E-state index is 0.210. The predicted molar refractivity (Wildman–Crippen MR) is 275 cm³/mol. The maximum atomic E-state index is 4.00. The molecule has 3 aromatic rings. The molecule has 1 aliphatic carbocycles. The molecule has 3 aromatic carbocycles. The van der Waals surface area contributed by atoms with Crippen molar-refractivity contribution >= 4 is 17.1 Å². The second-order valence-corrected chi connectivity index (χ2v) is 12.7. The Bertz CT molecular complexity index is 1610. The molecule has 0 N–H and O–H groups in total. The van der Waals surface area contributed by atoms with Gasteiger partial charge in [-0.25, -0.2) is 0 Å². The summed E-state index contributed by atoms with van der Waals surface area (Å²) >= 11 is 0. The lowest BCUT2D eigenvalue weighted by Crippen LogP contribution is -2.27. The molecule has 0 fully saturated rings. The van der Waals surface area contributed by atoms with Crippen LogP contribution in [0, 0.1) is 0 Å². The van der Waals surface area contributed by atoms with E-state index in [0.717, 1.165) is 29.9 Å². The highest BCUT2D eigenvalue weighted by molar-refractivity contribution is 5.66. The fourth-order valence-electron chi connectivity index (χ4n) is 5.79. The van der Waals surface area contributed by atoms with E-state index in [1.807, 2.05) is 60.6 Å². The number of nitrogens with zero attached hydrogens (tertiary/aromatic N) is 2. The number of rotatable bonds is 13. The van der Waals surface area contributed by atoms with Crippen LogP contribution in [0.15, 0.2) is 195 Å². The standard InChI is InChI=1S/C25H29N.C21H27N.C3H8.3C2H6.C2H4/c1-3-21(4-2)22-17-19-25(20-18-22)26(24-15-11-8-12-16-24)23-13-9-6-5-7-10-14-23;1-6-13-19(7-2)22(21-15-10-9-11-16-21)20(8-3)17-12-14-18(4)5;1-3-2;4*1-2/h5-6,8-21,23H,3-4,7H2,1-2H3;6-11,13-17H,3,12H2,1-2,4-5H3;3H2,1-2H3;3*1-2H3;1-2H2/b6-5-,13-9?,14-10-;13-6-,19-7+,20-17+;;;;;. The van der Waals surface area contributed by atoms with Crippen LogP contribution in [0.4, 0.5) is 17.1 Å². The monoisotopic (exact) mass is 799 g/mol. The van der Waals surface area contributed by atoms with E-state index in [1.165, 1.54) is 41.8 Å². The van der Waals surface area contributed by atoms with Gasteiger partial charge in [-0.05, 0) is 113 Å². The molecule has 0 amide bonds. The van der Waals surface area contributed by atoms with E-state index < -0.39 is 0 Å². The minimum atomic E-state index is 0.210. The van der Waals surface area contributed by atoms with E-state index in [1.54, 1.807) is 0 Å². The highest BCUT2D eigenvalue weighted by Crippen LogP contribution is 2.32. The zero-order chi connectivity index (χ0) is 45.3. The summed E-state index contributed by atoms with van der Waals surface area (Å²) in [4.78, 5) is 4.63. The van der Waals surface area contributed by atoms with Crippen molar-refractivity contribution in [2.24, 2.45) is 0 Å². The number of hydrogen-bond acceptors (Lipinski definition) is 2. The van der Waals surface area contributed by atoms with Crippen molar-refractivity contribution in [3.63, 3.8) is 0 Å². The fourth-order valence-corrected chi connectivity index (χ4v) is 5.79. The smallest absolute Gasteiger partial charge is 0.0709 e. The maximum Gasteiger partial charge on any atom is 0.0709 e. The summed E-state index contributed by atoms with van der Waals surface area (Å²) in [6, 6.07) is 30.4. The molecule has 0 spiro atoms. The average molecular weight is 799 g/mol. The van der Waals surface area contributed by atoms with Crippen LogP contribution in [0.3, 0.4) is 0 Å². The maximum absolute atomic E-state index is 4.00. The summed E-state index contributed by atoms with van der Waals surface area (Å²) in [5.41, 5.74) is 8.58. The van der Waals surface area contributed by atoms with Gasteiger partial charge in [-0.3, -0.25) is 0 Å². The number of benzene rings is 3. The number of hydrogen-bond donors (Lipinski definition) is 0. The molecule has 59 heavy (non-hydrogen) atoms. The van der Waals surface area contributed by atoms with Crippen LogP contribution in [0.25, 0.3) is 0 Å². The third-order valence-electron chi connectivity index (χ3n) is 8.35. The Morgan fingerprint density at radius 3 is 1.63 bits per heavy atom. The zero-order valence-electron chi connectivity index (χ0n) is 40.2.